The molecule has 1 aromatic carbocycles. The number of aromatic nitrogens is 2. The first-order valence-corrected chi connectivity index (χ1v) is 7.56. The van der Waals surface area contributed by atoms with E-state index in [0.717, 1.165) is 42.9 Å². The normalized spacial score (nSPS) is 12.1. The van der Waals surface area contributed by atoms with E-state index in [-0.39, 0.29) is 6.04 Å². The van der Waals surface area contributed by atoms with Crippen LogP contribution in [0.3, 0.4) is 0 Å². The van der Waals surface area contributed by atoms with Crippen LogP contribution in [0.4, 0.5) is 0 Å². The zero-order chi connectivity index (χ0) is 14.9. The number of rotatable bonds is 8. The third-order valence-electron chi connectivity index (χ3n) is 3.20. The van der Waals surface area contributed by atoms with Crippen molar-refractivity contribution in [3.05, 3.63) is 54.1 Å². The second-order valence-corrected chi connectivity index (χ2v) is 4.95. The Morgan fingerprint density at radius 1 is 1.10 bits per heavy atom. The van der Waals surface area contributed by atoms with Crippen molar-refractivity contribution in [2.75, 3.05) is 13.2 Å². The summed E-state index contributed by atoms with van der Waals surface area (Å²) >= 11 is 0. The Balaban J connectivity index is 2.32. The van der Waals surface area contributed by atoms with Gasteiger partial charge < -0.3 is 10.1 Å². The van der Waals surface area contributed by atoms with E-state index in [1.807, 2.05) is 30.6 Å². The number of benzene rings is 1. The molecule has 0 radical (unpaired) electrons. The van der Waals surface area contributed by atoms with E-state index >= 15 is 0 Å². The minimum atomic E-state index is 0.0548. The average Bonchev–Trinajstić information content (AvgIpc) is 2.55. The molecule has 0 aliphatic heterocycles. The molecule has 2 aromatic rings. The van der Waals surface area contributed by atoms with Crippen LogP contribution in [-0.4, -0.2) is 23.1 Å². The van der Waals surface area contributed by atoms with E-state index in [2.05, 4.69) is 35.2 Å². The molecule has 0 spiro atoms. The van der Waals surface area contributed by atoms with Gasteiger partial charge >= 0.3 is 0 Å². The first-order valence-electron chi connectivity index (χ1n) is 7.56. The molecule has 0 saturated heterocycles. The molecule has 1 unspecified atom stereocenters. The second kappa shape index (κ2) is 8.37. The number of para-hydroxylation sites is 1. The molecule has 0 saturated carbocycles. The molecule has 2 rings (SSSR count). The fourth-order valence-electron chi connectivity index (χ4n) is 2.22. The molecule has 0 aliphatic carbocycles. The monoisotopic (exact) mass is 285 g/mol. The van der Waals surface area contributed by atoms with Crippen LogP contribution in [0, 0.1) is 0 Å². The summed E-state index contributed by atoms with van der Waals surface area (Å²) in [7, 11) is 0. The first-order chi connectivity index (χ1) is 10.4. The molecule has 0 aliphatic rings. The van der Waals surface area contributed by atoms with E-state index in [4.69, 9.17) is 4.74 Å². The van der Waals surface area contributed by atoms with E-state index < -0.39 is 0 Å². The van der Waals surface area contributed by atoms with Gasteiger partial charge in [-0.3, -0.25) is 0 Å². The Morgan fingerprint density at radius 2 is 1.86 bits per heavy atom. The minimum Gasteiger partial charge on any atom is -0.493 e. The van der Waals surface area contributed by atoms with Crippen molar-refractivity contribution in [3.8, 4) is 5.75 Å². The Kier molecular flexibility index (Phi) is 6.16. The molecule has 1 heterocycles. The summed E-state index contributed by atoms with van der Waals surface area (Å²) in [6, 6.07) is 8.23. The molecular weight excluding hydrogens is 262 g/mol. The van der Waals surface area contributed by atoms with Crippen LogP contribution in [0.5, 0.6) is 5.75 Å². The zero-order valence-electron chi connectivity index (χ0n) is 12.7. The summed E-state index contributed by atoms with van der Waals surface area (Å²) in [5.74, 6) is 0.928. The van der Waals surface area contributed by atoms with Gasteiger partial charge in [0.2, 0.25) is 0 Å². The van der Waals surface area contributed by atoms with Gasteiger partial charge in [0.05, 0.1) is 12.6 Å². The smallest absolute Gasteiger partial charge is 0.124 e. The summed E-state index contributed by atoms with van der Waals surface area (Å²) in [6.07, 6.45) is 7.34. The number of nitrogens with zero attached hydrogens (tertiary/aromatic N) is 2. The lowest BCUT2D eigenvalue weighted by Gasteiger charge is -2.21. The Morgan fingerprint density at radius 3 is 2.57 bits per heavy atom. The standard InChI is InChI=1S/C17H23N3O/c1-3-9-20-17(14-11-18-13-19-12-14)15-7-5-6-8-16(15)21-10-4-2/h5-8,11-13,17,20H,3-4,9-10H2,1-2H3. The molecule has 112 valence electrons. The molecule has 0 fully saturated rings. The van der Waals surface area contributed by atoms with Gasteiger partial charge in [-0.15, -0.1) is 0 Å². The highest BCUT2D eigenvalue weighted by atomic mass is 16.5. The van der Waals surface area contributed by atoms with Gasteiger partial charge in [-0.05, 0) is 25.5 Å². The summed E-state index contributed by atoms with van der Waals surface area (Å²) in [6.45, 7) is 5.93. The SMILES string of the molecule is CCCNC(c1cncnc1)c1ccccc1OCCC. The van der Waals surface area contributed by atoms with E-state index in [1.165, 1.54) is 0 Å². The summed E-state index contributed by atoms with van der Waals surface area (Å²) in [5.41, 5.74) is 2.19. The maximum absolute atomic E-state index is 5.89. The largest absolute Gasteiger partial charge is 0.493 e. The summed E-state index contributed by atoms with van der Waals surface area (Å²) < 4.78 is 5.89. The van der Waals surface area contributed by atoms with Crippen molar-refractivity contribution in [1.29, 1.82) is 0 Å². The van der Waals surface area contributed by atoms with Crippen LogP contribution in [0.2, 0.25) is 0 Å². The van der Waals surface area contributed by atoms with Crippen molar-refractivity contribution in [2.45, 2.75) is 32.7 Å². The fraction of sp³-hybridized carbons (Fsp3) is 0.412. The van der Waals surface area contributed by atoms with E-state index in [9.17, 15) is 0 Å². The second-order valence-electron chi connectivity index (χ2n) is 4.95. The average molecular weight is 285 g/mol. The van der Waals surface area contributed by atoms with Crippen LogP contribution in [0.1, 0.15) is 43.9 Å². The molecule has 0 bridgehead atoms. The van der Waals surface area contributed by atoms with Gasteiger partial charge in [0.15, 0.2) is 0 Å². The van der Waals surface area contributed by atoms with Crippen molar-refractivity contribution in [1.82, 2.24) is 15.3 Å². The first kappa shape index (κ1) is 15.4. The number of ether oxygens (including phenoxy) is 1. The lowest BCUT2D eigenvalue weighted by molar-refractivity contribution is 0.311. The Labute approximate surface area is 126 Å². The molecule has 1 aromatic heterocycles. The molecule has 4 heteroatoms. The van der Waals surface area contributed by atoms with E-state index in [0.29, 0.717) is 0 Å². The van der Waals surface area contributed by atoms with Crippen LogP contribution in [0.25, 0.3) is 0 Å². The predicted octanol–water partition coefficient (Wildman–Crippen LogP) is 3.35. The third kappa shape index (κ3) is 4.26. The van der Waals surface area contributed by atoms with Gasteiger partial charge in [0.1, 0.15) is 12.1 Å². The van der Waals surface area contributed by atoms with Crippen molar-refractivity contribution >= 4 is 0 Å². The topological polar surface area (TPSA) is 47.0 Å². The van der Waals surface area contributed by atoms with Crippen molar-refractivity contribution in [2.24, 2.45) is 0 Å². The summed E-state index contributed by atoms with van der Waals surface area (Å²) in [4.78, 5) is 8.28. The lowest BCUT2D eigenvalue weighted by atomic mass is 10.00. The minimum absolute atomic E-state index is 0.0548. The molecule has 0 amide bonds. The summed E-state index contributed by atoms with van der Waals surface area (Å²) in [5, 5.41) is 3.56. The number of hydrogen-bond donors (Lipinski definition) is 1. The zero-order valence-corrected chi connectivity index (χ0v) is 12.7. The van der Waals surface area contributed by atoms with Crippen LogP contribution in [-0.2, 0) is 0 Å². The Bertz CT molecular complexity index is 531. The van der Waals surface area contributed by atoms with Gasteiger partial charge in [-0.1, -0.05) is 32.0 Å². The van der Waals surface area contributed by atoms with Gasteiger partial charge in [-0.25, -0.2) is 9.97 Å². The fourth-order valence-corrected chi connectivity index (χ4v) is 2.22. The maximum atomic E-state index is 5.89. The molecular formula is C17H23N3O. The Hall–Kier alpha value is -1.94. The molecule has 1 atom stereocenters. The highest BCUT2D eigenvalue weighted by Crippen LogP contribution is 2.29. The van der Waals surface area contributed by atoms with Gasteiger partial charge in [-0.2, -0.15) is 0 Å². The third-order valence-corrected chi connectivity index (χ3v) is 3.20. The molecule has 1 N–H and O–H groups in total. The van der Waals surface area contributed by atoms with Crippen LogP contribution < -0.4 is 10.1 Å². The van der Waals surface area contributed by atoms with Gasteiger partial charge in [0.25, 0.3) is 0 Å². The van der Waals surface area contributed by atoms with Gasteiger partial charge in [0, 0.05) is 23.5 Å². The number of hydrogen-bond acceptors (Lipinski definition) is 4. The lowest BCUT2D eigenvalue weighted by Crippen LogP contribution is -2.24. The molecule has 4 nitrogen and oxygen atoms in total. The van der Waals surface area contributed by atoms with Crippen LogP contribution in [0.15, 0.2) is 43.0 Å². The van der Waals surface area contributed by atoms with Crippen molar-refractivity contribution < 1.29 is 4.74 Å². The maximum Gasteiger partial charge on any atom is 0.124 e. The predicted molar refractivity (Wildman–Crippen MR) is 84.4 cm³/mol. The highest BCUT2D eigenvalue weighted by Gasteiger charge is 2.18. The van der Waals surface area contributed by atoms with E-state index in [1.54, 1.807) is 6.33 Å². The molecule has 21 heavy (non-hydrogen) atoms. The number of nitrogens with one attached hydrogen (secondary N) is 1. The van der Waals surface area contributed by atoms with Crippen LogP contribution >= 0.6 is 0 Å². The highest BCUT2D eigenvalue weighted by molar-refractivity contribution is 5.40. The van der Waals surface area contributed by atoms with Crippen molar-refractivity contribution in [3.63, 3.8) is 0 Å². The quantitative estimate of drug-likeness (QED) is 0.808.